The smallest absolute Gasteiger partial charge is 0.317 e. The van der Waals surface area contributed by atoms with Gasteiger partial charge in [-0.25, -0.2) is 9.78 Å². The van der Waals surface area contributed by atoms with E-state index in [1.807, 2.05) is 31.2 Å². The third-order valence-corrected chi connectivity index (χ3v) is 3.82. The van der Waals surface area contributed by atoms with Crippen molar-refractivity contribution in [3.63, 3.8) is 0 Å². The van der Waals surface area contributed by atoms with E-state index in [1.54, 1.807) is 20.2 Å². The lowest BCUT2D eigenvalue weighted by Gasteiger charge is -2.19. The lowest BCUT2D eigenvalue weighted by atomic mass is 10.1. The van der Waals surface area contributed by atoms with Gasteiger partial charge in [-0.2, -0.15) is 0 Å². The Hall–Kier alpha value is -2.83. The molecule has 0 spiro atoms. The minimum absolute atomic E-state index is 0.155. The largest absolute Gasteiger partial charge is 0.481 e. The molecule has 1 aromatic heterocycles. The molecule has 25 heavy (non-hydrogen) atoms. The molecule has 2 amide bonds. The first-order valence-electron chi connectivity index (χ1n) is 8.10. The quantitative estimate of drug-likeness (QED) is 0.804. The summed E-state index contributed by atoms with van der Waals surface area (Å²) in [6.45, 7) is 4.13. The highest BCUT2D eigenvalue weighted by molar-refractivity contribution is 5.75. The third-order valence-electron chi connectivity index (χ3n) is 3.82. The summed E-state index contributed by atoms with van der Waals surface area (Å²) < 4.78 is 5.48. The molecule has 1 heterocycles. The number of aliphatic carboxylic acids is 1. The van der Waals surface area contributed by atoms with Crippen LogP contribution >= 0.6 is 0 Å². The Morgan fingerprint density at radius 2 is 2.00 bits per heavy atom. The monoisotopic (exact) mass is 345 g/mol. The Kier molecular flexibility index (Phi) is 6.16. The van der Waals surface area contributed by atoms with E-state index < -0.39 is 11.9 Å². The zero-order valence-electron chi connectivity index (χ0n) is 14.7. The number of carboxylic acid groups (broad SMARTS) is 1. The minimum Gasteiger partial charge on any atom is -0.481 e. The molecule has 0 aliphatic heterocycles. The number of hydrogen-bond acceptors (Lipinski definition) is 4. The standard InChI is InChI=1S/C18H23N3O4/c1-12-4-6-14(7-5-12)16-20-15(11-25-16)8-9-19-18(24)21(3)10-13(2)17(22)23/h4-7,11,13H,8-10H2,1-3H3,(H,19,24)(H,22,23). The van der Waals surface area contributed by atoms with Gasteiger partial charge >= 0.3 is 12.0 Å². The summed E-state index contributed by atoms with van der Waals surface area (Å²) in [6, 6.07) is 7.58. The molecule has 0 aliphatic rings. The highest BCUT2D eigenvalue weighted by atomic mass is 16.4. The zero-order valence-corrected chi connectivity index (χ0v) is 14.7. The first kappa shape index (κ1) is 18.5. The summed E-state index contributed by atoms with van der Waals surface area (Å²) in [5.74, 6) is -0.983. The van der Waals surface area contributed by atoms with E-state index in [-0.39, 0.29) is 12.6 Å². The summed E-state index contributed by atoms with van der Waals surface area (Å²) in [4.78, 5) is 28.5. The number of nitrogens with one attached hydrogen (secondary N) is 1. The van der Waals surface area contributed by atoms with Gasteiger partial charge in [0.2, 0.25) is 5.89 Å². The van der Waals surface area contributed by atoms with Gasteiger partial charge in [0.05, 0.1) is 11.6 Å². The molecule has 0 radical (unpaired) electrons. The van der Waals surface area contributed by atoms with Crippen LogP contribution in [-0.4, -0.2) is 47.1 Å². The van der Waals surface area contributed by atoms with Crippen LogP contribution in [0.3, 0.4) is 0 Å². The van der Waals surface area contributed by atoms with Gasteiger partial charge < -0.3 is 19.7 Å². The highest BCUT2D eigenvalue weighted by Gasteiger charge is 2.17. The number of carboxylic acids is 1. The fourth-order valence-corrected chi connectivity index (χ4v) is 2.25. The van der Waals surface area contributed by atoms with E-state index >= 15 is 0 Å². The fraction of sp³-hybridized carbons (Fsp3) is 0.389. The molecular weight excluding hydrogens is 322 g/mol. The summed E-state index contributed by atoms with van der Waals surface area (Å²) in [7, 11) is 1.57. The summed E-state index contributed by atoms with van der Waals surface area (Å²) >= 11 is 0. The number of rotatable bonds is 7. The van der Waals surface area contributed by atoms with Crippen LogP contribution in [0, 0.1) is 12.8 Å². The number of aryl methyl sites for hydroxylation is 1. The number of carbonyl (C=O) groups excluding carboxylic acids is 1. The van der Waals surface area contributed by atoms with E-state index in [9.17, 15) is 9.59 Å². The number of carbonyl (C=O) groups is 2. The van der Waals surface area contributed by atoms with Gasteiger partial charge in [0, 0.05) is 32.1 Å². The SMILES string of the molecule is Cc1ccc(-c2nc(CCNC(=O)N(C)CC(C)C(=O)O)co2)cc1. The van der Waals surface area contributed by atoms with Crippen molar-refractivity contribution in [2.75, 3.05) is 20.1 Å². The molecule has 0 bridgehead atoms. The van der Waals surface area contributed by atoms with Crippen LogP contribution < -0.4 is 5.32 Å². The summed E-state index contributed by atoms with van der Waals surface area (Å²) in [5.41, 5.74) is 2.82. The molecule has 0 aliphatic carbocycles. The van der Waals surface area contributed by atoms with Crippen molar-refractivity contribution in [1.82, 2.24) is 15.2 Å². The van der Waals surface area contributed by atoms with Crippen LogP contribution in [0.25, 0.3) is 11.5 Å². The second-order valence-electron chi connectivity index (χ2n) is 6.11. The van der Waals surface area contributed by atoms with Gasteiger partial charge in [-0.1, -0.05) is 24.6 Å². The maximum absolute atomic E-state index is 11.9. The Morgan fingerprint density at radius 3 is 2.64 bits per heavy atom. The van der Waals surface area contributed by atoms with Crippen molar-refractivity contribution >= 4 is 12.0 Å². The molecule has 7 heteroatoms. The second kappa shape index (κ2) is 8.32. The molecule has 0 fully saturated rings. The molecule has 134 valence electrons. The van der Waals surface area contributed by atoms with Crippen molar-refractivity contribution < 1.29 is 19.1 Å². The fourth-order valence-electron chi connectivity index (χ4n) is 2.25. The topological polar surface area (TPSA) is 95.7 Å². The van der Waals surface area contributed by atoms with Crippen molar-refractivity contribution in [2.45, 2.75) is 20.3 Å². The third kappa shape index (κ3) is 5.34. The number of benzene rings is 1. The lowest BCUT2D eigenvalue weighted by Crippen LogP contribution is -2.41. The van der Waals surface area contributed by atoms with Crippen molar-refractivity contribution in [2.24, 2.45) is 5.92 Å². The number of hydrogen-bond donors (Lipinski definition) is 2. The average molecular weight is 345 g/mol. The zero-order chi connectivity index (χ0) is 18.4. The molecule has 1 unspecified atom stereocenters. The van der Waals surface area contributed by atoms with Gasteiger partial charge in [-0.3, -0.25) is 4.79 Å². The van der Waals surface area contributed by atoms with Gasteiger partial charge in [-0.05, 0) is 19.1 Å². The molecule has 2 rings (SSSR count). The highest BCUT2D eigenvalue weighted by Crippen LogP contribution is 2.19. The maximum Gasteiger partial charge on any atom is 0.317 e. The number of nitrogens with zero attached hydrogens (tertiary/aromatic N) is 2. The van der Waals surface area contributed by atoms with Gasteiger partial charge in [0.25, 0.3) is 0 Å². The molecule has 1 atom stereocenters. The Bertz CT molecular complexity index is 724. The second-order valence-corrected chi connectivity index (χ2v) is 6.11. The van der Waals surface area contributed by atoms with E-state index in [0.29, 0.717) is 18.9 Å². The maximum atomic E-state index is 11.9. The molecule has 7 nitrogen and oxygen atoms in total. The van der Waals surface area contributed by atoms with Crippen LogP contribution in [0.15, 0.2) is 34.9 Å². The van der Waals surface area contributed by atoms with Crippen LogP contribution in [0.1, 0.15) is 18.2 Å². The first-order valence-corrected chi connectivity index (χ1v) is 8.10. The Labute approximate surface area is 146 Å². The Balaban J connectivity index is 1.81. The number of amides is 2. The van der Waals surface area contributed by atoms with E-state index in [0.717, 1.165) is 11.3 Å². The van der Waals surface area contributed by atoms with Crippen LogP contribution in [0.5, 0.6) is 0 Å². The van der Waals surface area contributed by atoms with Crippen molar-refractivity contribution in [3.8, 4) is 11.5 Å². The Morgan fingerprint density at radius 1 is 1.32 bits per heavy atom. The number of oxazole rings is 1. The van der Waals surface area contributed by atoms with Gasteiger partial charge in [-0.15, -0.1) is 0 Å². The predicted octanol–water partition coefficient (Wildman–Crippen LogP) is 2.55. The van der Waals surface area contributed by atoms with Gasteiger partial charge in [0.15, 0.2) is 0 Å². The first-order chi connectivity index (χ1) is 11.9. The molecular formula is C18H23N3O4. The van der Waals surface area contributed by atoms with Crippen LogP contribution in [-0.2, 0) is 11.2 Å². The molecule has 1 aromatic carbocycles. The number of urea groups is 1. The predicted molar refractivity (Wildman–Crippen MR) is 93.2 cm³/mol. The molecule has 0 saturated heterocycles. The normalized spacial score (nSPS) is 11.8. The van der Waals surface area contributed by atoms with Crippen molar-refractivity contribution in [1.29, 1.82) is 0 Å². The summed E-state index contributed by atoms with van der Waals surface area (Å²) in [6.07, 6.45) is 2.11. The lowest BCUT2D eigenvalue weighted by molar-refractivity contribution is -0.141. The van der Waals surface area contributed by atoms with Crippen molar-refractivity contribution in [3.05, 3.63) is 41.8 Å². The van der Waals surface area contributed by atoms with Gasteiger partial charge in [0.1, 0.15) is 6.26 Å². The molecule has 2 aromatic rings. The minimum atomic E-state index is -0.925. The van der Waals surface area contributed by atoms with E-state index in [2.05, 4.69) is 10.3 Å². The van der Waals surface area contributed by atoms with E-state index in [1.165, 1.54) is 10.5 Å². The van der Waals surface area contributed by atoms with Crippen LogP contribution in [0.2, 0.25) is 0 Å². The number of aromatic nitrogens is 1. The molecule has 0 saturated carbocycles. The summed E-state index contributed by atoms with van der Waals surface area (Å²) in [5, 5.41) is 11.6. The van der Waals surface area contributed by atoms with Crippen LogP contribution in [0.4, 0.5) is 4.79 Å². The average Bonchev–Trinajstić information content (AvgIpc) is 3.04. The van der Waals surface area contributed by atoms with E-state index in [4.69, 9.17) is 9.52 Å². The molecule has 2 N–H and O–H groups in total.